The van der Waals surface area contributed by atoms with E-state index in [-0.39, 0.29) is 17.4 Å². The lowest BCUT2D eigenvalue weighted by molar-refractivity contribution is 0.0680. The molecule has 3 aliphatic rings. The number of ether oxygens (including phenoxy) is 1. The number of rotatable bonds is 9. The number of carbonyl (C=O) groups is 2. The maximum absolute atomic E-state index is 13.1. The number of aromatic amines is 1. The number of likely N-dealkylation sites (tertiary alicyclic amines) is 1. The molecule has 1 aliphatic carbocycles. The van der Waals surface area contributed by atoms with Gasteiger partial charge in [0.2, 0.25) is 5.88 Å². The van der Waals surface area contributed by atoms with E-state index in [4.69, 9.17) is 4.74 Å². The van der Waals surface area contributed by atoms with Crippen LogP contribution in [0.5, 0.6) is 5.88 Å². The Kier molecular flexibility index (Phi) is 10.9. The third-order valence-electron chi connectivity index (χ3n) is 9.71. The van der Waals surface area contributed by atoms with Crippen molar-refractivity contribution in [3.63, 3.8) is 0 Å². The van der Waals surface area contributed by atoms with Crippen molar-refractivity contribution in [3.8, 4) is 5.88 Å². The molecule has 0 radical (unpaired) electrons. The van der Waals surface area contributed by atoms with E-state index in [1.54, 1.807) is 18.3 Å². The Labute approximate surface area is 251 Å². The molecule has 8 nitrogen and oxygen atoms in total. The van der Waals surface area contributed by atoms with Crippen LogP contribution in [0.15, 0.2) is 24.4 Å². The van der Waals surface area contributed by atoms with E-state index >= 15 is 0 Å². The van der Waals surface area contributed by atoms with Crippen LogP contribution in [0.4, 0.5) is 0 Å². The van der Waals surface area contributed by atoms with Crippen LogP contribution in [-0.2, 0) is 12.0 Å². The van der Waals surface area contributed by atoms with Crippen molar-refractivity contribution in [3.05, 3.63) is 46.9 Å². The van der Waals surface area contributed by atoms with Gasteiger partial charge in [0.1, 0.15) is 11.3 Å². The van der Waals surface area contributed by atoms with E-state index in [0.29, 0.717) is 30.5 Å². The fourth-order valence-electron chi connectivity index (χ4n) is 7.33. The molecule has 3 N–H and O–H groups in total. The van der Waals surface area contributed by atoms with Crippen molar-refractivity contribution in [1.82, 2.24) is 25.5 Å². The Balaban J connectivity index is 1.04. The van der Waals surface area contributed by atoms with Crippen LogP contribution in [0.25, 0.3) is 0 Å². The maximum Gasteiger partial charge on any atom is 0.267 e. The van der Waals surface area contributed by atoms with Crippen molar-refractivity contribution < 1.29 is 14.3 Å². The van der Waals surface area contributed by atoms with Gasteiger partial charge in [-0.1, -0.05) is 57.8 Å². The molecule has 2 aliphatic heterocycles. The smallest absolute Gasteiger partial charge is 0.267 e. The minimum Gasteiger partial charge on any atom is -0.477 e. The summed E-state index contributed by atoms with van der Waals surface area (Å²) in [5.41, 5.74) is 3.92. The molecule has 1 saturated heterocycles. The van der Waals surface area contributed by atoms with Crippen LogP contribution < -0.4 is 15.4 Å². The topological polar surface area (TPSA) is 99.3 Å². The molecule has 4 heterocycles. The molecule has 0 aromatic carbocycles. The normalized spacial score (nSPS) is 19.7. The minimum atomic E-state index is 0.0147. The van der Waals surface area contributed by atoms with E-state index in [1.807, 2.05) is 11.8 Å². The number of pyridine rings is 1. The SMILES string of the molecule is CCOc1ncccc1C(=O)N1CCC(CCCCNC(=O)c2cc3c([nH]2)CCNC32CCCCCCCCC2)CC1. The zero-order chi connectivity index (χ0) is 29.2. The number of piperidine rings is 1. The predicted molar refractivity (Wildman–Crippen MR) is 166 cm³/mol. The lowest BCUT2D eigenvalue weighted by Gasteiger charge is -2.39. The van der Waals surface area contributed by atoms with E-state index < -0.39 is 0 Å². The van der Waals surface area contributed by atoms with Gasteiger partial charge in [-0.2, -0.15) is 0 Å². The number of amides is 2. The summed E-state index contributed by atoms with van der Waals surface area (Å²) in [6.07, 6.45) is 19.4. The van der Waals surface area contributed by atoms with Gasteiger partial charge in [-0.15, -0.1) is 0 Å². The molecule has 8 heteroatoms. The summed E-state index contributed by atoms with van der Waals surface area (Å²) in [6, 6.07) is 5.75. The molecule has 0 bridgehead atoms. The minimum absolute atomic E-state index is 0.0147. The molecule has 2 aromatic rings. The molecule has 42 heavy (non-hydrogen) atoms. The molecular formula is C34H51N5O3. The number of carbonyl (C=O) groups excluding carboxylic acids is 2. The molecule has 1 saturated carbocycles. The van der Waals surface area contributed by atoms with Crippen LogP contribution in [-0.4, -0.2) is 59.5 Å². The summed E-state index contributed by atoms with van der Waals surface area (Å²) in [4.78, 5) is 35.8. The largest absolute Gasteiger partial charge is 0.477 e. The Morgan fingerprint density at radius 3 is 2.55 bits per heavy atom. The molecule has 2 amide bonds. The third kappa shape index (κ3) is 7.55. The van der Waals surface area contributed by atoms with Crippen molar-refractivity contribution in [2.24, 2.45) is 5.92 Å². The van der Waals surface area contributed by atoms with Crippen molar-refractivity contribution >= 4 is 11.8 Å². The highest BCUT2D eigenvalue weighted by atomic mass is 16.5. The summed E-state index contributed by atoms with van der Waals surface area (Å²) in [5.74, 6) is 1.09. The van der Waals surface area contributed by atoms with Crippen LogP contribution in [0.2, 0.25) is 0 Å². The number of hydrogen-bond acceptors (Lipinski definition) is 5. The first-order valence-electron chi connectivity index (χ1n) is 16.7. The highest BCUT2D eigenvalue weighted by Gasteiger charge is 2.37. The lowest BCUT2D eigenvalue weighted by Crippen LogP contribution is -2.47. The van der Waals surface area contributed by atoms with Crippen LogP contribution >= 0.6 is 0 Å². The molecule has 2 aromatic heterocycles. The van der Waals surface area contributed by atoms with Crippen LogP contribution in [0.3, 0.4) is 0 Å². The Morgan fingerprint density at radius 1 is 1.07 bits per heavy atom. The second-order valence-electron chi connectivity index (χ2n) is 12.6. The second-order valence-corrected chi connectivity index (χ2v) is 12.6. The molecular weight excluding hydrogens is 526 g/mol. The van der Waals surface area contributed by atoms with Gasteiger partial charge in [0, 0.05) is 50.0 Å². The highest BCUT2D eigenvalue weighted by molar-refractivity contribution is 5.96. The van der Waals surface area contributed by atoms with Crippen molar-refractivity contribution in [1.29, 1.82) is 0 Å². The number of H-pyrrole nitrogens is 1. The fourth-order valence-corrected chi connectivity index (χ4v) is 7.33. The number of hydrogen-bond donors (Lipinski definition) is 3. The van der Waals surface area contributed by atoms with E-state index in [0.717, 1.165) is 63.9 Å². The summed E-state index contributed by atoms with van der Waals surface area (Å²) in [6.45, 7) is 5.62. The van der Waals surface area contributed by atoms with Gasteiger partial charge in [0.15, 0.2) is 0 Å². The molecule has 1 spiro atoms. The summed E-state index contributed by atoms with van der Waals surface area (Å²) in [7, 11) is 0. The van der Waals surface area contributed by atoms with Gasteiger partial charge < -0.3 is 25.3 Å². The Hall–Kier alpha value is -2.87. The van der Waals surface area contributed by atoms with Gasteiger partial charge in [0.25, 0.3) is 11.8 Å². The molecule has 2 fully saturated rings. The predicted octanol–water partition coefficient (Wildman–Crippen LogP) is 6.13. The first-order chi connectivity index (χ1) is 20.6. The van der Waals surface area contributed by atoms with E-state index in [2.05, 4.69) is 26.7 Å². The number of unbranched alkanes of at least 4 members (excludes halogenated alkanes) is 1. The van der Waals surface area contributed by atoms with Crippen molar-refractivity contribution in [2.75, 3.05) is 32.8 Å². The quantitative estimate of drug-likeness (QED) is 0.312. The Bertz CT molecular complexity index is 1160. The molecule has 5 rings (SSSR count). The van der Waals surface area contributed by atoms with Crippen LogP contribution in [0, 0.1) is 5.92 Å². The average molecular weight is 578 g/mol. The number of fused-ring (bicyclic) bond motifs is 2. The van der Waals surface area contributed by atoms with E-state index in [9.17, 15) is 9.59 Å². The number of nitrogens with zero attached hydrogens (tertiary/aromatic N) is 2. The lowest BCUT2D eigenvalue weighted by atomic mass is 9.77. The first-order valence-corrected chi connectivity index (χ1v) is 16.7. The Morgan fingerprint density at radius 2 is 1.81 bits per heavy atom. The number of nitrogens with one attached hydrogen (secondary N) is 3. The first kappa shape index (κ1) is 30.6. The fraction of sp³-hybridized carbons (Fsp3) is 0.676. The highest BCUT2D eigenvalue weighted by Crippen LogP contribution is 2.39. The van der Waals surface area contributed by atoms with E-state index in [1.165, 1.54) is 69.0 Å². The maximum atomic E-state index is 13.1. The van der Waals surface area contributed by atoms with Gasteiger partial charge >= 0.3 is 0 Å². The van der Waals surface area contributed by atoms with Crippen molar-refractivity contribution in [2.45, 2.75) is 109 Å². The van der Waals surface area contributed by atoms with Gasteiger partial charge in [-0.25, -0.2) is 4.98 Å². The third-order valence-corrected chi connectivity index (χ3v) is 9.71. The standard InChI is InChI=1S/C34H51N5O3/c1-2-42-32-27(14-12-21-36-32)33(41)39-23-16-26(17-24-39)13-8-11-20-35-31(40)30-25-28-29(38-30)15-22-37-34(28)18-9-6-4-3-5-7-10-19-34/h12,14,21,25-26,37-38H,2-11,13,15-20,22-24H2,1H3,(H,35,40). The zero-order valence-corrected chi connectivity index (χ0v) is 25.6. The summed E-state index contributed by atoms with van der Waals surface area (Å²) in [5, 5.41) is 7.07. The molecule has 230 valence electrons. The molecule has 0 atom stereocenters. The van der Waals surface area contributed by atoms with Gasteiger partial charge in [0.05, 0.1) is 6.61 Å². The number of aromatic nitrogens is 2. The summed E-state index contributed by atoms with van der Waals surface area (Å²) < 4.78 is 5.56. The van der Waals surface area contributed by atoms with Crippen LogP contribution in [0.1, 0.15) is 129 Å². The second kappa shape index (κ2) is 15.0. The summed E-state index contributed by atoms with van der Waals surface area (Å²) >= 11 is 0. The molecule has 0 unspecified atom stereocenters. The van der Waals surface area contributed by atoms with Gasteiger partial charge in [-0.05, 0) is 68.7 Å². The average Bonchev–Trinajstić information content (AvgIpc) is 3.47. The van der Waals surface area contributed by atoms with Gasteiger partial charge in [-0.3, -0.25) is 9.59 Å². The zero-order valence-electron chi connectivity index (χ0n) is 25.6. The monoisotopic (exact) mass is 577 g/mol.